The van der Waals surface area contributed by atoms with Crippen LogP contribution in [-0.2, 0) is 0 Å². The van der Waals surface area contributed by atoms with Gasteiger partial charge < -0.3 is 19.8 Å². The van der Waals surface area contributed by atoms with Crippen molar-refractivity contribution in [1.82, 2.24) is 15.0 Å². The summed E-state index contributed by atoms with van der Waals surface area (Å²) in [5.41, 5.74) is 0.615. The molecule has 0 aromatic carbocycles. The van der Waals surface area contributed by atoms with Gasteiger partial charge >= 0.3 is 0 Å². The zero-order valence-electron chi connectivity index (χ0n) is 15.9. The van der Waals surface area contributed by atoms with Crippen LogP contribution in [0.4, 0.5) is 17.5 Å². The summed E-state index contributed by atoms with van der Waals surface area (Å²) in [4.78, 5) is 20.0. The largest absolute Gasteiger partial charge is 0.394 e. The van der Waals surface area contributed by atoms with Crippen molar-refractivity contribution in [2.75, 3.05) is 54.0 Å². The Bertz CT molecular complexity index is 852. The molecule has 1 unspecified atom stereocenters. The van der Waals surface area contributed by atoms with Crippen LogP contribution in [-0.4, -0.2) is 65.4 Å². The van der Waals surface area contributed by atoms with Crippen molar-refractivity contribution in [3.63, 3.8) is 0 Å². The van der Waals surface area contributed by atoms with Gasteiger partial charge in [0.05, 0.1) is 18.2 Å². The van der Waals surface area contributed by atoms with E-state index >= 15 is 0 Å². The molecule has 8 heteroatoms. The third-order valence-corrected chi connectivity index (χ3v) is 5.55. The average molecular weight is 379 g/mol. The molecule has 8 nitrogen and oxygen atoms in total. The molecular weight excluding hydrogens is 354 g/mol. The second-order valence-electron chi connectivity index (χ2n) is 7.22. The van der Waals surface area contributed by atoms with Crippen molar-refractivity contribution in [3.05, 3.63) is 36.3 Å². The van der Waals surface area contributed by atoms with E-state index in [0.717, 1.165) is 69.4 Å². The quantitative estimate of drug-likeness (QED) is 0.853. The lowest BCUT2D eigenvalue weighted by atomic mass is 10.2. The van der Waals surface area contributed by atoms with Crippen LogP contribution in [0.1, 0.15) is 24.8 Å². The first-order valence-corrected chi connectivity index (χ1v) is 9.84. The summed E-state index contributed by atoms with van der Waals surface area (Å²) < 4.78 is 0. The number of aliphatic hydroxyl groups excluding tert-OH is 1. The number of nitriles is 1. The molecule has 1 N–H and O–H groups in total. The van der Waals surface area contributed by atoms with Crippen molar-refractivity contribution < 1.29 is 5.11 Å². The molecule has 2 aliphatic heterocycles. The predicted octanol–water partition coefficient (Wildman–Crippen LogP) is 1.42. The lowest BCUT2D eigenvalue weighted by molar-refractivity contribution is 0.266. The molecule has 0 bridgehead atoms. The molecule has 2 aromatic rings. The minimum Gasteiger partial charge on any atom is -0.394 e. The molecule has 146 valence electrons. The van der Waals surface area contributed by atoms with Gasteiger partial charge in [-0.15, -0.1) is 0 Å². The maximum absolute atomic E-state index is 9.60. The van der Waals surface area contributed by atoms with Gasteiger partial charge in [0.2, 0.25) is 0 Å². The fourth-order valence-corrected chi connectivity index (χ4v) is 4.09. The van der Waals surface area contributed by atoms with Crippen LogP contribution < -0.4 is 14.7 Å². The van der Waals surface area contributed by atoms with Crippen molar-refractivity contribution in [3.8, 4) is 6.07 Å². The van der Waals surface area contributed by atoms with Gasteiger partial charge in [-0.3, -0.25) is 0 Å². The number of pyridine rings is 1. The van der Waals surface area contributed by atoms with Gasteiger partial charge in [-0.2, -0.15) is 5.26 Å². The van der Waals surface area contributed by atoms with Crippen LogP contribution in [0.15, 0.2) is 30.7 Å². The van der Waals surface area contributed by atoms with Crippen LogP contribution in [0.3, 0.4) is 0 Å². The number of rotatable bonds is 4. The van der Waals surface area contributed by atoms with E-state index in [1.54, 1.807) is 18.6 Å². The zero-order chi connectivity index (χ0) is 19.3. The molecule has 2 fully saturated rings. The van der Waals surface area contributed by atoms with E-state index < -0.39 is 0 Å². The highest BCUT2D eigenvalue weighted by Crippen LogP contribution is 2.26. The molecule has 2 aromatic heterocycles. The van der Waals surface area contributed by atoms with Gasteiger partial charge in [-0.1, -0.05) is 0 Å². The molecule has 2 aliphatic rings. The fourth-order valence-electron chi connectivity index (χ4n) is 4.09. The summed E-state index contributed by atoms with van der Waals surface area (Å²) >= 11 is 0. The molecule has 1 atom stereocenters. The fraction of sp³-hybridized carbons (Fsp3) is 0.500. The summed E-state index contributed by atoms with van der Waals surface area (Å²) in [5.74, 6) is 2.56. The standard InChI is InChI=1S/C20H25N7O/c21-13-16-4-1-6-22-20(16)26-8-3-7-25(10-11-26)18-12-19(24-15-23-18)27-9-2-5-17(27)14-28/h1,4,6,12,15,17,28H,2-3,5,7-11,14H2. The predicted molar refractivity (Wildman–Crippen MR) is 107 cm³/mol. The van der Waals surface area contributed by atoms with Crippen LogP contribution in [0.5, 0.6) is 0 Å². The summed E-state index contributed by atoms with van der Waals surface area (Å²) in [6.45, 7) is 4.43. The van der Waals surface area contributed by atoms with Crippen LogP contribution in [0, 0.1) is 11.3 Å². The first kappa shape index (κ1) is 18.4. The topological polar surface area (TPSA) is 92.4 Å². The Hall–Kier alpha value is -2.92. The third kappa shape index (κ3) is 3.71. The molecule has 28 heavy (non-hydrogen) atoms. The Balaban J connectivity index is 1.49. The van der Waals surface area contributed by atoms with E-state index in [9.17, 15) is 10.4 Å². The van der Waals surface area contributed by atoms with Crippen LogP contribution >= 0.6 is 0 Å². The second-order valence-corrected chi connectivity index (χ2v) is 7.22. The Labute approximate surface area is 165 Å². The Morgan fingerprint density at radius 1 is 1.04 bits per heavy atom. The first-order chi connectivity index (χ1) is 13.8. The summed E-state index contributed by atoms with van der Waals surface area (Å²) in [5, 5.41) is 19.0. The number of anilines is 3. The highest BCUT2D eigenvalue weighted by Gasteiger charge is 2.26. The molecule has 0 radical (unpaired) electrons. The maximum atomic E-state index is 9.60. The summed E-state index contributed by atoms with van der Waals surface area (Å²) in [6, 6.07) is 8.04. The number of aromatic nitrogens is 3. The molecule has 4 rings (SSSR count). The molecule has 4 heterocycles. The van der Waals surface area contributed by atoms with E-state index in [-0.39, 0.29) is 12.6 Å². The van der Waals surface area contributed by atoms with Crippen molar-refractivity contribution in [2.24, 2.45) is 0 Å². The number of hydrogen-bond donors (Lipinski definition) is 1. The normalized spacial score (nSPS) is 20.1. The highest BCUT2D eigenvalue weighted by atomic mass is 16.3. The average Bonchev–Trinajstić information content (AvgIpc) is 3.10. The lowest BCUT2D eigenvalue weighted by Gasteiger charge is -2.27. The van der Waals surface area contributed by atoms with E-state index in [1.165, 1.54) is 0 Å². The third-order valence-electron chi connectivity index (χ3n) is 5.55. The van der Waals surface area contributed by atoms with E-state index in [2.05, 4.69) is 35.7 Å². The molecule has 2 saturated heterocycles. The maximum Gasteiger partial charge on any atom is 0.146 e. The number of nitrogens with zero attached hydrogens (tertiary/aromatic N) is 7. The minimum absolute atomic E-state index is 0.149. The Morgan fingerprint density at radius 3 is 2.71 bits per heavy atom. The van der Waals surface area contributed by atoms with E-state index in [0.29, 0.717) is 5.56 Å². The van der Waals surface area contributed by atoms with E-state index in [4.69, 9.17) is 0 Å². The van der Waals surface area contributed by atoms with Crippen LogP contribution in [0.25, 0.3) is 0 Å². The smallest absolute Gasteiger partial charge is 0.146 e. The van der Waals surface area contributed by atoms with Crippen molar-refractivity contribution in [1.29, 1.82) is 5.26 Å². The highest BCUT2D eigenvalue weighted by molar-refractivity contribution is 5.55. The SMILES string of the molecule is N#Cc1cccnc1N1CCCN(c2cc(N3CCCC3CO)ncn2)CC1. The Morgan fingerprint density at radius 2 is 1.86 bits per heavy atom. The number of aliphatic hydroxyl groups is 1. The molecule has 0 amide bonds. The summed E-state index contributed by atoms with van der Waals surface area (Å²) in [7, 11) is 0. The Kier molecular flexibility index (Phi) is 5.53. The molecule has 0 saturated carbocycles. The zero-order valence-corrected chi connectivity index (χ0v) is 15.9. The van der Waals surface area contributed by atoms with Gasteiger partial charge in [0.25, 0.3) is 0 Å². The van der Waals surface area contributed by atoms with Gasteiger partial charge in [0, 0.05) is 45.0 Å². The molecule has 0 spiro atoms. The number of hydrogen-bond acceptors (Lipinski definition) is 8. The van der Waals surface area contributed by atoms with Crippen LogP contribution in [0.2, 0.25) is 0 Å². The van der Waals surface area contributed by atoms with E-state index in [1.807, 2.05) is 12.1 Å². The minimum atomic E-state index is 0.149. The van der Waals surface area contributed by atoms with Gasteiger partial charge in [0.15, 0.2) is 0 Å². The second kappa shape index (κ2) is 8.40. The van der Waals surface area contributed by atoms with Crippen molar-refractivity contribution in [2.45, 2.75) is 25.3 Å². The van der Waals surface area contributed by atoms with Crippen molar-refractivity contribution >= 4 is 17.5 Å². The lowest BCUT2D eigenvalue weighted by Crippen LogP contribution is -2.34. The van der Waals surface area contributed by atoms with Gasteiger partial charge in [-0.25, -0.2) is 15.0 Å². The van der Waals surface area contributed by atoms with Gasteiger partial charge in [0.1, 0.15) is 29.9 Å². The first-order valence-electron chi connectivity index (χ1n) is 9.84. The monoisotopic (exact) mass is 379 g/mol. The molecule has 0 aliphatic carbocycles. The molecular formula is C20H25N7O. The van der Waals surface area contributed by atoms with Gasteiger partial charge in [-0.05, 0) is 31.4 Å². The summed E-state index contributed by atoms with van der Waals surface area (Å²) in [6.07, 6.45) is 6.40.